The van der Waals surface area contributed by atoms with Gasteiger partial charge in [-0.05, 0) is 17.7 Å². The van der Waals surface area contributed by atoms with Crippen LogP contribution in [0.1, 0.15) is 15.9 Å². The minimum atomic E-state index is -0.465. The first-order valence-electron chi connectivity index (χ1n) is 11.2. The average Bonchev–Trinajstić information content (AvgIpc) is 2.85. The first kappa shape index (κ1) is 23.1. The number of pyridine rings is 1. The normalized spacial score (nSPS) is 17.4. The molecule has 2 N–H and O–H groups in total. The van der Waals surface area contributed by atoms with Gasteiger partial charge in [0.05, 0.1) is 33.0 Å². The number of nitrogens with zero attached hydrogens (tertiary/aromatic N) is 5. The fourth-order valence-corrected chi connectivity index (χ4v) is 3.72. The number of hydrogen-bond donors (Lipinski definition) is 1. The van der Waals surface area contributed by atoms with Gasteiger partial charge in [-0.25, -0.2) is 0 Å². The van der Waals surface area contributed by atoms with E-state index >= 15 is 0 Å². The van der Waals surface area contributed by atoms with Gasteiger partial charge in [0, 0.05) is 56.1 Å². The molecule has 0 bridgehead atoms. The molecule has 0 atom stereocenters. The van der Waals surface area contributed by atoms with Crippen LogP contribution in [0.3, 0.4) is 0 Å². The molecular formula is C23H30N6O4. The Morgan fingerprint density at radius 3 is 2.58 bits per heavy atom. The van der Waals surface area contributed by atoms with Gasteiger partial charge in [-0.3, -0.25) is 9.69 Å². The van der Waals surface area contributed by atoms with Crippen molar-refractivity contribution in [2.24, 2.45) is 16.0 Å². The zero-order valence-electron chi connectivity index (χ0n) is 18.7. The third-order valence-corrected chi connectivity index (χ3v) is 5.55. The van der Waals surface area contributed by atoms with E-state index in [-0.39, 0.29) is 0 Å². The number of nitrogens with two attached hydrogens (primary N) is 1. The Bertz CT molecular complexity index is 958. The predicted octanol–water partition coefficient (Wildman–Crippen LogP) is 2.01. The summed E-state index contributed by atoms with van der Waals surface area (Å²) in [6.07, 6.45) is 0. The van der Waals surface area contributed by atoms with Crippen LogP contribution in [0.2, 0.25) is 0 Å². The molecule has 0 spiro atoms. The van der Waals surface area contributed by atoms with E-state index in [1.54, 1.807) is 18.2 Å². The van der Waals surface area contributed by atoms with Crippen LogP contribution >= 0.6 is 0 Å². The monoisotopic (exact) mass is 454 g/mol. The van der Waals surface area contributed by atoms with Gasteiger partial charge in [-0.2, -0.15) is 10.1 Å². The summed E-state index contributed by atoms with van der Waals surface area (Å²) in [5.41, 5.74) is 7.64. The topological polar surface area (TPSA) is 115 Å². The summed E-state index contributed by atoms with van der Waals surface area (Å²) in [6, 6.07) is 10.9. The first-order valence-corrected chi connectivity index (χ1v) is 11.2. The van der Waals surface area contributed by atoms with Crippen LogP contribution in [0.25, 0.3) is 0 Å². The minimum Gasteiger partial charge on any atom is -0.476 e. The number of carbonyl (C=O) groups excluding carboxylic acids is 1. The molecule has 3 heterocycles. The molecule has 0 unspecified atom stereocenters. The quantitative estimate of drug-likeness (QED) is 0.576. The van der Waals surface area contributed by atoms with Crippen molar-refractivity contribution in [3.63, 3.8) is 0 Å². The summed E-state index contributed by atoms with van der Waals surface area (Å²) in [5.74, 6) is 0.538. The number of hydrogen-bond acceptors (Lipinski definition) is 9. The van der Waals surface area contributed by atoms with Gasteiger partial charge in [0.2, 0.25) is 11.8 Å². The predicted molar refractivity (Wildman–Crippen MR) is 123 cm³/mol. The molecule has 0 saturated carbocycles. The molecule has 2 aliphatic rings. The van der Waals surface area contributed by atoms with E-state index in [1.807, 2.05) is 18.2 Å². The molecule has 4 rings (SSSR count). The number of carbonyl (C=O) groups is 1. The van der Waals surface area contributed by atoms with Crippen LogP contribution in [0.4, 0.5) is 11.5 Å². The van der Waals surface area contributed by atoms with Crippen molar-refractivity contribution >= 4 is 17.4 Å². The zero-order chi connectivity index (χ0) is 22.9. The number of ether oxygens (including phenoxy) is 3. The Morgan fingerprint density at radius 2 is 1.82 bits per heavy atom. The van der Waals surface area contributed by atoms with Crippen LogP contribution in [-0.4, -0.2) is 81.5 Å². The SMILES string of the molecule is NC(=O)c1cccc(CN=Nc2cc(N3CCOCC3)cc(OCCN3CCOCC3)n2)c1. The summed E-state index contributed by atoms with van der Waals surface area (Å²) in [6.45, 7) is 8.00. The Labute approximate surface area is 193 Å². The second-order valence-electron chi connectivity index (χ2n) is 7.89. The largest absolute Gasteiger partial charge is 0.476 e. The standard InChI is InChI=1S/C23H30N6O4/c24-23(30)19-3-1-2-18(14-19)17-25-27-21-15-20(29-7-11-32-12-8-29)16-22(26-21)33-13-6-28-4-9-31-10-5-28/h1-3,14-16H,4-13,17H2,(H2,24,30). The third-order valence-electron chi connectivity index (χ3n) is 5.55. The molecule has 2 aromatic rings. The van der Waals surface area contributed by atoms with Crippen LogP contribution < -0.4 is 15.4 Å². The maximum atomic E-state index is 11.4. The molecule has 1 aromatic heterocycles. The lowest BCUT2D eigenvalue weighted by Crippen LogP contribution is -2.38. The van der Waals surface area contributed by atoms with E-state index in [1.165, 1.54) is 0 Å². The Kier molecular flexibility index (Phi) is 8.18. The van der Waals surface area contributed by atoms with E-state index in [9.17, 15) is 4.79 Å². The maximum absolute atomic E-state index is 11.4. The number of benzene rings is 1. The number of anilines is 1. The highest BCUT2D eigenvalue weighted by Gasteiger charge is 2.15. The van der Waals surface area contributed by atoms with Crippen molar-refractivity contribution in [3.8, 4) is 5.88 Å². The smallest absolute Gasteiger partial charge is 0.248 e. The van der Waals surface area contributed by atoms with Gasteiger partial charge in [0.25, 0.3) is 0 Å². The summed E-state index contributed by atoms with van der Waals surface area (Å²) in [5, 5.41) is 8.61. The second kappa shape index (κ2) is 11.7. The van der Waals surface area contributed by atoms with E-state index in [2.05, 4.69) is 25.0 Å². The van der Waals surface area contributed by atoms with Crippen LogP contribution in [0.15, 0.2) is 46.6 Å². The van der Waals surface area contributed by atoms with E-state index in [0.29, 0.717) is 43.6 Å². The highest BCUT2D eigenvalue weighted by atomic mass is 16.5. The van der Waals surface area contributed by atoms with Gasteiger partial charge in [-0.15, -0.1) is 5.11 Å². The van der Waals surface area contributed by atoms with Crippen molar-refractivity contribution in [3.05, 3.63) is 47.5 Å². The Balaban J connectivity index is 1.44. The average molecular weight is 455 g/mol. The summed E-state index contributed by atoms with van der Waals surface area (Å²) >= 11 is 0. The fraction of sp³-hybridized carbons (Fsp3) is 0.478. The second-order valence-corrected chi connectivity index (χ2v) is 7.89. The molecule has 2 aliphatic heterocycles. The minimum absolute atomic E-state index is 0.317. The van der Waals surface area contributed by atoms with Crippen LogP contribution in [-0.2, 0) is 16.0 Å². The third kappa shape index (κ3) is 6.95. The Hall–Kier alpha value is -3.08. The lowest BCUT2D eigenvalue weighted by Gasteiger charge is -2.29. The summed E-state index contributed by atoms with van der Waals surface area (Å²) in [4.78, 5) is 20.5. The fourth-order valence-electron chi connectivity index (χ4n) is 3.72. The van der Waals surface area contributed by atoms with Gasteiger partial charge in [0.1, 0.15) is 6.61 Å². The van der Waals surface area contributed by atoms with Gasteiger partial charge in [0.15, 0.2) is 5.82 Å². The highest BCUT2D eigenvalue weighted by Crippen LogP contribution is 2.26. The number of azo groups is 1. The molecule has 0 radical (unpaired) electrons. The zero-order valence-corrected chi connectivity index (χ0v) is 18.7. The molecule has 0 aliphatic carbocycles. The summed E-state index contributed by atoms with van der Waals surface area (Å²) < 4.78 is 16.9. The molecule has 2 saturated heterocycles. The highest BCUT2D eigenvalue weighted by molar-refractivity contribution is 5.92. The molecule has 10 heteroatoms. The van der Waals surface area contributed by atoms with Crippen molar-refractivity contribution in [1.82, 2.24) is 9.88 Å². The van der Waals surface area contributed by atoms with Crippen LogP contribution in [0.5, 0.6) is 5.88 Å². The maximum Gasteiger partial charge on any atom is 0.248 e. The van der Waals surface area contributed by atoms with Gasteiger partial charge < -0.3 is 24.8 Å². The van der Waals surface area contributed by atoms with Crippen LogP contribution in [0, 0.1) is 0 Å². The molecule has 176 valence electrons. The number of aromatic nitrogens is 1. The van der Waals surface area contributed by atoms with Crippen molar-refractivity contribution in [2.45, 2.75) is 6.54 Å². The van der Waals surface area contributed by atoms with Gasteiger partial charge in [-0.1, -0.05) is 12.1 Å². The number of primary amides is 1. The number of rotatable bonds is 9. The summed E-state index contributed by atoms with van der Waals surface area (Å²) in [7, 11) is 0. The molecule has 1 aromatic carbocycles. The van der Waals surface area contributed by atoms with E-state index in [4.69, 9.17) is 19.9 Å². The van der Waals surface area contributed by atoms with Gasteiger partial charge >= 0.3 is 0 Å². The van der Waals surface area contributed by atoms with Crippen molar-refractivity contribution < 1.29 is 19.0 Å². The first-order chi connectivity index (χ1) is 16.2. The van der Waals surface area contributed by atoms with Crippen molar-refractivity contribution in [1.29, 1.82) is 0 Å². The molecule has 33 heavy (non-hydrogen) atoms. The lowest BCUT2D eigenvalue weighted by atomic mass is 10.1. The molecule has 10 nitrogen and oxygen atoms in total. The van der Waals surface area contributed by atoms with E-state index < -0.39 is 5.91 Å². The molecule has 1 amide bonds. The lowest BCUT2D eigenvalue weighted by molar-refractivity contribution is 0.0320. The number of amides is 1. The number of morpholine rings is 2. The molecule has 2 fully saturated rings. The Morgan fingerprint density at radius 1 is 1.06 bits per heavy atom. The molecular weight excluding hydrogens is 424 g/mol. The van der Waals surface area contributed by atoms with Crippen molar-refractivity contribution in [2.75, 3.05) is 70.7 Å². The van der Waals surface area contributed by atoms with E-state index in [0.717, 1.165) is 57.2 Å².